The van der Waals surface area contributed by atoms with Gasteiger partial charge in [-0.05, 0) is 55.0 Å². The van der Waals surface area contributed by atoms with E-state index in [0.29, 0.717) is 16.9 Å². The van der Waals surface area contributed by atoms with E-state index in [0.717, 1.165) is 11.1 Å². The van der Waals surface area contributed by atoms with Crippen molar-refractivity contribution in [1.82, 2.24) is 0 Å². The highest BCUT2D eigenvalue weighted by Gasteiger charge is 2.11. The van der Waals surface area contributed by atoms with Gasteiger partial charge < -0.3 is 9.47 Å². The highest BCUT2D eigenvalue weighted by Crippen LogP contribution is 2.15. The maximum atomic E-state index is 12.2. The van der Waals surface area contributed by atoms with Crippen molar-refractivity contribution in [3.8, 4) is 5.75 Å². The molecule has 30 heavy (non-hydrogen) atoms. The number of carbonyl (C=O) groups excluding carboxylic acids is 3. The Labute approximate surface area is 174 Å². The molecule has 0 atom stereocenters. The summed E-state index contributed by atoms with van der Waals surface area (Å²) in [6.07, 6.45) is 2.89. The highest BCUT2D eigenvalue weighted by atomic mass is 16.5. The van der Waals surface area contributed by atoms with Crippen molar-refractivity contribution in [2.24, 2.45) is 0 Å². The maximum absolute atomic E-state index is 12.2. The van der Waals surface area contributed by atoms with Gasteiger partial charge in [0.2, 0.25) is 0 Å². The van der Waals surface area contributed by atoms with Gasteiger partial charge in [0.05, 0.1) is 5.56 Å². The van der Waals surface area contributed by atoms with E-state index in [1.54, 1.807) is 18.2 Å². The Bertz CT molecular complexity index is 1050. The van der Waals surface area contributed by atoms with Crippen molar-refractivity contribution < 1.29 is 23.9 Å². The molecule has 0 bridgehead atoms. The highest BCUT2D eigenvalue weighted by molar-refractivity contribution is 5.99. The van der Waals surface area contributed by atoms with E-state index in [2.05, 4.69) is 0 Å². The minimum absolute atomic E-state index is 0.319. The quantitative estimate of drug-likeness (QED) is 0.250. The predicted molar refractivity (Wildman–Crippen MR) is 113 cm³/mol. The molecule has 3 aromatic carbocycles. The van der Waals surface area contributed by atoms with Gasteiger partial charge in [0.1, 0.15) is 5.75 Å². The smallest absolute Gasteiger partial charge is 0.343 e. The monoisotopic (exact) mass is 400 g/mol. The average Bonchev–Trinajstić information content (AvgIpc) is 2.77. The van der Waals surface area contributed by atoms with Gasteiger partial charge in [-0.2, -0.15) is 0 Å². The molecule has 0 aromatic heterocycles. The van der Waals surface area contributed by atoms with Gasteiger partial charge in [0.15, 0.2) is 12.4 Å². The third-order valence-electron chi connectivity index (χ3n) is 4.23. The van der Waals surface area contributed by atoms with Crippen LogP contribution in [0.15, 0.2) is 84.9 Å². The molecule has 150 valence electrons. The molecule has 0 aliphatic carbocycles. The number of hydrogen-bond acceptors (Lipinski definition) is 5. The summed E-state index contributed by atoms with van der Waals surface area (Å²) in [4.78, 5) is 36.1. The molecule has 0 heterocycles. The second-order valence-electron chi connectivity index (χ2n) is 6.55. The van der Waals surface area contributed by atoms with Crippen molar-refractivity contribution in [1.29, 1.82) is 0 Å². The van der Waals surface area contributed by atoms with Gasteiger partial charge in [-0.3, -0.25) is 4.79 Å². The summed E-state index contributed by atoms with van der Waals surface area (Å²) >= 11 is 0. The van der Waals surface area contributed by atoms with Crippen molar-refractivity contribution in [2.75, 3.05) is 6.61 Å². The molecule has 0 unspecified atom stereocenters. The molecule has 0 amide bonds. The van der Waals surface area contributed by atoms with Gasteiger partial charge in [-0.1, -0.05) is 48.0 Å². The van der Waals surface area contributed by atoms with E-state index in [1.807, 2.05) is 49.4 Å². The van der Waals surface area contributed by atoms with Gasteiger partial charge in [0.25, 0.3) is 0 Å². The van der Waals surface area contributed by atoms with Crippen LogP contribution in [-0.4, -0.2) is 24.3 Å². The van der Waals surface area contributed by atoms with Crippen LogP contribution in [0.25, 0.3) is 6.08 Å². The zero-order chi connectivity index (χ0) is 21.3. The standard InChI is InChI=1S/C25H20O5/c1-18-7-10-21(11-8-18)25(28)30-22-14-12-20(13-15-22)23(26)17-29-24(27)16-9-19-5-3-2-4-6-19/h2-16H,17H2,1H3/b16-9+. The van der Waals surface area contributed by atoms with Gasteiger partial charge in [-0.15, -0.1) is 0 Å². The number of Topliss-reactive ketones (excluding diaryl/α,β-unsaturated/α-hetero) is 1. The van der Waals surface area contributed by atoms with Crippen LogP contribution in [0.2, 0.25) is 0 Å². The molecular formula is C25H20O5. The van der Waals surface area contributed by atoms with Crippen molar-refractivity contribution >= 4 is 23.8 Å². The topological polar surface area (TPSA) is 69.7 Å². The van der Waals surface area contributed by atoms with Gasteiger partial charge in [0, 0.05) is 11.6 Å². The molecule has 5 heteroatoms. The van der Waals surface area contributed by atoms with E-state index in [4.69, 9.17) is 9.47 Å². The number of ether oxygens (including phenoxy) is 2. The Morgan fingerprint density at radius 3 is 2.10 bits per heavy atom. The third-order valence-corrected chi connectivity index (χ3v) is 4.23. The van der Waals surface area contributed by atoms with Crippen LogP contribution in [0, 0.1) is 6.92 Å². The summed E-state index contributed by atoms with van der Waals surface area (Å²) < 4.78 is 10.3. The Hall–Kier alpha value is -3.99. The average molecular weight is 400 g/mol. The van der Waals surface area contributed by atoms with Crippen LogP contribution in [-0.2, 0) is 9.53 Å². The van der Waals surface area contributed by atoms with E-state index >= 15 is 0 Å². The number of carbonyl (C=O) groups is 3. The molecule has 5 nitrogen and oxygen atoms in total. The molecule has 0 fully saturated rings. The van der Waals surface area contributed by atoms with Crippen LogP contribution < -0.4 is 4.74 Å². The van der Waals surface area contributed by atoms with E-state index in [-0.39, 0.29) is 12.4 Å². The SMILES string of the molecule is Cc1ccc(C(=O)Oc2ccc(C(=O)COC(=O)/C=C/c3ccccc3)cc2)cc1. The number of hydrogen-bond donors (Lipinski definition) is 0. The lowest BCUT2D eigenvalue weighted by molar-refractivity contribution is -0.136. The van der Waals surface area contributed by atoms with Crippen molar-refractivity contribution in [3.05, 3.63) is 107 Å². The molecule has 0 saturated heterocycles. The number of rotatable bonds is 7. The summed E-state index contributed by atoms with van der Waals surface area (Å²) in [7, 11) is 0. The minimum Gasteiger partial charge on any atom is -0.454 e. The first-order chi connectivity index (χ1) is 14.5. The van der Waals surface area contributed by atoms with Gasteiger partial charge >= 0.3 is 11.9 Å². The summed E-state index contributed by atoms with van der Waals surface area (Å²) in [6, 6.07) is 22.4. The first-order valence-electron chi connectivity index (χ1n) is 9.33. The summed E-state index contributed by atoms with van der Waals surface area (Å²) in [5, 5.41) is 0. The number of benzene rings is 3. The van der Waals surface area contributed by atoms with Crippen LogP contribution in [0.1, 0.15) is 31.8 Å². The molecule has 0 aliphatic heterocycles. The zero-order valence-corrected chi connectivity index (χ0v) is 16.4. The van der Waals surface area contributed by atoms with Gasteiger partial charge in [-0.25, -0.2) is 9.59 Å². The Morgan fingerprint density at radius 2 is 1.43 bits per heavy atom. The van der Waals surface area contributed by atoms with Crippen LogP contribution in [0.4, 0.5) is 0 Å². The second-order valence-corrected chi connectivity index (χ2v) is 6.55. The van der Waals surface area contributed by atoms with Crippen LogP contribution in [0.5, 0.6) is 5.75 Å². The number of esters is 2. The van der Waals surface area contributed by atoms with Crippen LogP contribution >= 0.6 is 0 Å². The fourth-order valence-electron chi connectivity index (χ4n) is 2.56. The molecule has 0 radical (unpaired) electrons. The maximum Gasteiger partial charge on any atom is 0.343 e. The molecule has 0 spiro atoms. The summed E-state index contributed by atoms with van der Waals surface area (Å²) in [6.45, 7) is 1.56. The molecule has 0 N–H and O–H groups in total. The molecule has 0 saturated carbocycles. The van der Waals surface area contributed by atoms with Crippen molar-refractivity contribution in [3.63, 3.8) is 0 Å². The normalized spacial score (nSPS) is 10.6. The Balaban J connectivity index is 1.51. The lowest BCUT2D eigenvalue weighted by Crippen LogP contribution is -2.13. The molecule has 3 rings (SSSR count). The zero-order valence-electron chi connectivity index (χ0n) is 16.4. The number of aryl methyl sites for hydroxylation is 1. The van der Waals surface area contributed by atoms with Crippen LogP contribution in [0.3, 0.4) is 0 Å². The fourth-order valence-corrected chi connectivity index (χ4v) is 2.56. The summed E-state index contributed by atoms with van der Waals surface area (Å²) in [5.41, 5.74) is 2.70. The number of ketones is 1. The van der Waals surface area contributed by atoms with E-state index in [9.17, 15) is 14.4 Å². The van der Waals surface area contributed by atoms with Crippen molar-refractivity contribution in [2.45, 2.75) is 6.92 Å². The first kappa shape index (κ1) is 20.7. The summed E-state index contributed by atoms with van der Waals surface area (Å²) in [5.74, 6) is -1.11. The fraction of sp³-hybridized carbons (Fsp3) is 0.0800. The predicted octanol–water partition coefficient (Wildman–Crippen LogP) is 4.65. The Morgan fingerprint density at radius 1 is 0.800 bits per heavy atom. The van der Waals surface area contributed by atoms with E-state index < -0.39 is 11.9 Å². The Kier molecular flexibility index (Phi) is 6.90. The van der Waals surface area contributed by atoms with E-state index in [1.165, 1.54) is 30.3 Å². The lowest BCUT2D eigenvalue weighted by Gasteiger charge is -2.06. The first-order valence-corrected chi connectivity index (χ1v) is 9.33. The molecule has 3 aromatic rings. The molecule has 0 aliphatic rings. The minimum atomic E-state index is -0.601. The second kappa shape index (κ2) is 9.98. The third kappa shape index (κ3) is 6.01. The lowest BCUT2D eigenvalue weighted by atomic mass is 10.1. The largest absolute Gasteiger partial charge is 0.454 e. The molecular weight excluding hydrogens is 380 g/mol.